The Bertz CT molecular complexity index is 1230. The Hall–Kier alpha value is -3.04. The van der Waals surface area contributed by atoms with Crippen molar-refractivity contribution in [2.24, 2.45) is 0 Å². The maximum absolute atomic E-state index is 13.1. The van der Waals surface area contributed by atoms with Crippen LogP contribution in [0.3, 0.4) is 0 Å². The van der Waals surface area contributed by atoms with Gasteiger partial charge >= 0.3 is 0 Å². The molecule has 1 amide bonds. The van der Waals surface area contributed by atoms with E-state index < -0.39 is 10.0 Å². The number of aryl methyl sites for hydroxylation is 1. The molecule has 152 valence electrons. The summed E-state index contributed by atoms with van der Waals surface area (Å²) in [5.74, 6) is 0.0227. The largest absolute Gasteiger partial charge is 0.331 e. The van der Waals surface area contributed by atoms with E-state index in [1.54, 1.807) is 44.2 Å². The summed E-state index contributed by atoms with van der Waals surface area (Å²) in [6, 6.07) is 11.4. The molecule has 0 spiro atoms. The third-order valence-electron chi connectivity index (χ3n) is 4.69. The van der Waals surface area contributed by atoms with Crippen molar-refractivity contribution in [1.82, 2.24) is 19.6 Å². The molecule has 0 radical (unpaired) electrons. The van der Waals surface area contributed by atoms with Crippen molar-refractivity contribution < 1.29 is 13.2 Å². The van der Waals surface area contributed by atoms with Gasteiger partial charge in [-0.2, -0.15) is 0 Å². The minimum absolute atomic E-state index is 0.0160. The summed E-state index contributed by atoms with van der Waals surface area (Å²) < 4.78 is 26.4. The third-order valence-corrected chi connectivity index (χ3v) is 6.10. The van der Waals surface area contributed by atoms with E-state index >= 15 is 0 Å². The highest BCUT2D eigenvalue weighted by molar-refractivity contribution is 7.89. The molecule has 0 aliphatic carbocycles. The number of fused-ring (bicyclic) bond motifs is 1. The summed E-state index contributed by atoms with van der Waals surface area (Å²) in [6.07, 6.45) is 0. The summed E-state index contributed by atoms with van der Waals surface area (Å²) in [6.45, 7) is 4.00. The molecule has 1 aromatic heterocycles. The molecule has 3 aromatic rings. The van der Waals surface area contributed by atoms with Crippen molar-refractivity contribution in [1.29, 1.82) is 0 Å². The van der Waals surface area contributed by atoms with Crippen LogP contribution in [-0.4, -0.2) is 42.8 Å². The van der Waals surface area contributed by atoms with Crippen molar-refractivity contribution in [3.05, 3.63) is 69.8 Å². The molecule has 2 aromatic carbocycles. The average molecular weight is 414 g/mol. The molecule has 0 saturated heterocycles. The molecule has 1 heterocycles. The van der Waals surface area contributed by atoms with E-state index in [0.29, 0.717) is 28.8 Å². The number of para-hydroxylation sites is 1. The van der Waals surface area contributed by atoms with Crippen molar-refractivity contribution >= 4 is 26.8 Å². The van der Waals surface area contributed by atoms with E-state index in [1.807, 2.05) is 0 Å². The second-order valence-corrected chi connectivity index (χ2v) is 8.42. The molecule has 8 nitrogen and oxygen atoms in total. The number of rotatable bonds is 6. The zero-order valence-corrected chi connectivity index (χ0v) is 17.2. The highest BCUT2D eigenvalue weighted by Gasteiger charge is 2.21. The quantitative estimate of drug-likeness (QED) is 0.639. The van der Waals surface area contributed by atoms with Gasteiger partial charge in [-0.25, -0.2) is 18.1 Å². The average Bonchev–Trinajstić information content (AvgIpc) is 2.71. The van der Waals surface area contributed by atoms with Crippen LogP contribution in [0, 0.1) is 6.92 Å². The van der Waals surface area contributed by atoms with E-state index in [-0.39, 0.29) is 28.5 Å². The van der Waals surface area contributed by atoms with E-state index in [9.17, 15) is 18.0 Å². The van der Waals surface area contributed by atoms with E-state index in [2.05, 4.69) is 14.7 Å². The number of hydrogen-bond donors (Lipinski definition) is 2. The molecule has 0 saturated carbocycles. The lowest BCUT2D eigenvalue weighted by atomic mass is 10.1. The second-order valence-electron chi connectivity index (χ2n) is 6.53. The smallest absolute Gasteiger partial charge is 0.258 e. The molecule has 29 heavy (non-hydrogen) atoms. The summed E-state index contributed by atoms with van der Waals surface area (Å²) >= 11 is 0. The Morgan fingerprint density at radius 3 is 2.62 bits per heavy atom. The fourth-order valence-corrected chi connectivity index (χ4v) is 3.76. The molecule has 3 rings (SSSR count). The summed E-state index contributed by atoms with van der Waals surface area (Å²) in [5, 5.41) is 0.478. The van der Waals surface area contributed by atoms with Crippen LogP contribution in [0.2, 0.25) is 0 Å². The van der Waals surface area contributed by atoms with Crippen LogP contribution in [0.1, 0.15) is 28.7 Å². The number of hydrogen-bond acceptors (Lipinski definition) is 5. The van der Waals surface area contributed by atoms with Crippen molar-refractivity contribution in [2.75, 3.05) is 13.6 Å². The molecule has 2 N–H and O–H groups in total. The molecule has 0 aliphatic heterocycles. The lowest BCUT2D eigenvalue weighted by Gasteiger charge is -2.22. The van der Waals surface area contributed by atoms with Crippen LogP contribution in [0.15, 0.2) is 52.2 Å². The standard InChI is InChI=1S/C20H22N4O4S/c1-4-24(12-18-22-17-8-6-5-7-15(17)19(25)23-18)20(26)16-11-14(10-9-13(16)2)29(27,28)21-3/h5-11,21H,4,12H2,1-3H3,(H,22,23,25). The van der Waals surface area contributed by atoms with Crippen molar-refractivity contribution in [3.63, 3.8) is 0 Å². The van der Waals surface area contributed by atoms with Gasteiger partial charge in [0, 0.05) is 12.1 Å². The Balaban J connectivity index is 1.96. The van der Waals surface area contributed by atoms with E-state index in [4.69, 9.17) is 0 Å². The van der Waals surface area contributed by atoms with Gasteiger partial charge in [0.1, 0.15) is 5.82 Å². The van der Waals surface area contributed by atoms with Gasteiger partial charge in [0.2, 0.25) is 10.0 Å². The van der Waals surface area contributed by atoms with Crippen molar-refractivity contribution in [2.45, 2.75) is 25.3 Å². The molecular weight excluding hydrogens is 392 g/mol. The first-order valence-electron chi connectivity index (χ1n) is 9.08. The number of sulfonamides is 1. The predicted octanol–water partition coefficient (Wildman–Crippen LogP) is 1.80. The first kappa shape index (κ1) is 20.7. The normalized spacial score (nSPS) is 11.6. The second kappa shape index (κ2) is 8.14. The topological polar surface area (TPSA) is 112 Å². The zero-order valence-electron chi connectivity index (χ0n) is 16.4. The Morgan fingerprint density at radius 2 is 1.93 bits per heavy atom. The summed E-state index contributed by atoms with van der Waals surface area (Å²) in [7, 11) is -2.36. The summed E-state index contributed by atoms with van der Waals surface area (Å²) in [5.41, 5.74) is 1.22. The van der Waals surface area contributed by atoms with E-state index in [0.717, 1.165) is 0 Å². The number of aromatic nitrogens is 2. The van der Waals surface area contributed by atoms with Gasteiger partial charge in [0.05, 0.1) is 22.3 Å². The maximum Gasteiger partial charge on any atom is 0.258 e. The third kappa shape index (κ3) is 4.20. The van der Waals surface area contributed by atoms with Crippen LogP contribution in [-0.2, 0) is 16.6 Å². The number of carbonyl (C=O) groups is 1. The number of H-pyrrole nitrogens is 1. The number of nitrogens with zero attached hydrogens (tertiary/aromatic N) is 2. The van der Waals surface area contributed by atoms with Gasteiger partial charge in [-0.15, -0.1) is 0 Å². The monoisotopic (exact) mass is 414 g/mol. The number of nitrogens with one attached hydrogen (secondary N) is 2. The molecular formula is C20H22N4O4S. The minimum Gasteiger partial charge on any atom is -0.331 e. The first-order valence-corrected chi connectivity index (χ1v) is 10.6. The highest BCUT2D eigenvalue weighted by atomic mass is 32.2. The minimum atomic E-state index is -3.67. The zero-order chi connectivity index (χ0) is 21.2. The van der Waals surface area contributed by atoms with Gasteiger partial charge in [-0.05, 0) is 50.7 Å². The van der Waals surface area contributed by atoms with Crippen LogP contribution in [0.25, 0.3) is 10.9 Å². The fourth-order valence-electron chi connectivity index (χ4n) is 3.00. The van der Waals surface area contributed by atoms with Crippen LogP contribution in [0.5, 0.6) is 0 Å². The number of amides is 1. The first-order chi connectivity index (χ1) is 13.8. The molecule has 0 unspecified atom stereocenters. The molecule has 0 bridgehead atoms. The van der Waals surface area contributed by atoms with Gasteiger partial charge in [-0.1, -0.05) is 18.2 Å². The summed E-state index contributed by atoms with van der Waals surface area (Å²) in [4.78, 5) is 34.1. The highest BCUT2D eigenvalue weighted by Crippen LogP contribution is 2.18. The molecule has 0 fully saturated rings. The number of carbonyl (C=O) groups excluding carboxylic acids is 1. The van der Waals surface area contributed by atoms with Gasteiger partial charge in [0.15, 0.2) is 0 Å². The molecule has 9 heteroatoms. The van der Waals surface area contributed by atoms with Crippen molar-refractivity contribution in [3.8, 4) is 0 Å². The number of aromatic amines is 1. The van der Waals surface area contributed by atoms with Crippen LogP contribution in [0.4, 0.5) is 0 Å². The van der Waals surface area contributed by atoms with Gasteiger partial charge in [0.25, 0.3) is 11.5 Å². The molecule has 0 atom stereocenters. The van der Waals surface area contributed by atoms with Gasteiger partial charge in [-0.3, -0.25) is 9.59 Å². The fraction of sp³-hybridized carbons (Fsp3) is 0.250. The lowest BCUT2D eigenvalue weighted by molar-refractivity contribution is 0.0747. The Morgan fingerprint density at radius 1 is 1.21 bits per heavy atom. The van der Waals surface area contributed by atoms with Gasteiger partial charge < -0.3 is 9.88 Å². The van der Waals surface area contributed by atoms with Crippen LogP contribution >= 0.6 is 0 Å². The van der Waals surface area contributed by atoms with Crippen LogP contribution < -0.4 is 10.3 Å². The Labute approximate surface area is 168 Å². The predicted molar refractivity (Wildman–Crippen MR) is 110 cm³/mol. The Kier molecular flexibility index (Phi) is 5.81. The SMILES string of the molecule is CCN(Cc1nc2ccccc2c(=O)[nH]1)C(=O)c1cc(S(=O)(=O)NC)ccc1C. The van der Waals surface area contributed by atoms with E-state index in [1.165, 1.54) is 24.1 Å². The maximum atomic E-state index is 13.1. The lowest BCUT2D eigenvalue weighted by Crippen LogP contribution is -2.32. The number of benzene rings is 2. The molecule has 0 aliphatic rings.